The molecule has 1 aliphatic rings. The first-order chi connectivity index (χ1) is 9.52. The molecule has 2 unspecified atom stereocenters. The summed E-state index contributed by atoms with van der Waals surface area (Å²) in [5.41, 5.74) is 5.31. The Morgan fingerprint density at radius 1 is 1.50 bits per heavy atom. The van der Waals surface area contributed by atoms with E-state index in [1.165, 1.54) is 12.1 Å². The predicted octanol–water partition coefficient (Wildman–Crippen LogP) is 2.19. The van der Waals surface area contributed by atoms with Crippen LogP contribution in [0.15, 0.2) is 18.2 Å². The molecule has 1 aliphatic carbocycles. The molecule has 0 spiro atoms. The van der Waals surface area contributed by atoms with Crippen LogP contribution in [0, 0.1) is 10.1 Å². The number of nitro benzene ring substituents is 1. The topological polar surface area (TPSA) is 98.3 Å². The van der Waals surface area contributed by atoms with Crippen LogP contribution in [0.3, 0.4) is 0 Å². The summed E-state index contributed by atoms with van der Waals surface area (Å²) in [5.74, 6) is -0.421. The van der Waals surface area contributed by atoms with Crippen molar-refractivity contribution in [1.29, 1.82) is 0 Å². The number of carbonyl (C=O) groups excluding carboxylic acids is 1. The van der Waals surface area contributed by atoms with Crippen LogP contribution >= 0.6 is 11.8 Å². The van der Waals surface area contributed by atoms with Gasteiger partial charge in [0.25, 0.3) is 5.91 Å². The molecule has 1 aromatic rings. The minimum atomic E-state index is -0.608. The van der Waals surface area contributed by atoms with Crippen molar-refractivity contribution in [3.63, 3.8) is 0 Å². The largest absolute Gasteiger partial charge is 0.393 e. The lowest BCUT2D eigenvalue weighted by Gasteiger charge is -2.13. The number of nitro groups is 1. The van der Waals surface area contributed by atoms with Gasteiger partial charge in [0.2, 0.25) is 0 Å². The van der Waals surface area contributed by atoms with E-state index >= 15 is 0 Å². The summed E-state index contributed by atoms with van der Waals surface area (Å²) in [6, 6.07) is 4.50. The van der Waals surface area contributed by atoms with Crippen molar-refractivity contribution < 1.29 is 9.72 Å². The summed E-state index contributed by atoms with van der Waals surface area (Å²) in [4.78, 5) is 22.6. The van der Waals surface area contributed by atoms with Crippen molar-refractivity contribution in [2.75, 3.05) is 12.0 Å². The quantitative estimate of drug-likeness (QED) is 0.504. The van der Waals surface area contributed by atoms with Crippen LogP contribution in [-0.2, 0) is 0 Å². The van der Waals surface area contributed by atoms with E-state index in [-0.39, 0.29) is 23.0 Å². The summed E-state index contributed by atoms with van der Waals surface area (Å²) >= 11 is 1.79. The first-order valence-corrected chi connectivity index (χ1v) is 7.68. The number of hydrogen-bond acceptors (Lipinski definition) is 5. The van der Waals surface area contributed by atoms with Gasteiger partial charge in [0.1, 0.15) is 11.3 Å². The number of nitrogen functional groups attached to an aromatic ring is 1. The van der Waals surface area contributed by atoms with Gasteiger partial charge in [0, 0.05) is 11.3 Å². The van der Waals surface area contributed by atoms with Crippen LogP contribution in [0.2, 0.25) is 0 Å². The predicted molar refractivity (Wildman–Crippen MR) is 79.9 cm³/mol. The standard InChI is InChI=1S/C13H17N3O3S/c1-20-9-6-5-8(7-9)15-13(17)10-3-2-4-11(14)12(10)16(18)19/h2-4,8-9H,5-7,14H2,1H3,(H,15,17). The number of nitrogens with two attached hydrogens (primary N) is 1. The zero-order valence-corrected chi connectivity index (χ0v) is 12.0. The Labute approximate surface area is 121 Å². The number of nitrogens with one attached hydrogen (secondary N) is 1. The van der Waals surface area contributed by atoms with Crippen molar-refractivity contribution in [3.05, 3.63) is 33.9 Å². The maximum absolute atomic E-state index is 12.2. The molecule has 1 saturated carbocycles. The molecule has 3 N–H and O–H groups in total. The van der Waals surface area contributed by atoms with E-state index in [9.17, 15) is 14.9 Å². The van der Waals surface area contributed by atoms with Crippen LogP contribution in [0.25, 0.3) is 0 Å². The Morgan fingerprint density at radius 3 is 2.85 bits per heavy atom. The highest BCUT2D eigenvalue weighted by molar-refractivity contribution is 7.99. The van der Waals surface area contributed by atoms with Crippen LogP contribution < -0.4 is 11.1 Å². The van der Waals surface area contributed by atoms with Gasteiger partial charge in [0.05, 0.1) is 4.92 Å². The number of carbonyl (C=O) groups is 1. The third-order valence-electron chi connectivity index (χ3n) is 3.55. The molecule has 0 bridgehead atoms. The lowest BCUT2D eigenvalue weighted by Crippen LogP contribution is -2.33. The summed E-state index contributed by atoms with van der Waals surface area (Å²) in [6.07, 6.45) is 4.93. The molecule has 108 valence electrons. The highest BCUT2D eigenvalue weighted by atomic mass is 32.2. The van der Waals surface area contributed by atoms with Gasteiger partial charge in [-0.2, -0.15) is 11.8 Å². The highest BCUT2D eigenvalue weighted by Gasteiger charge is 2.28. The Hall–Kier alpha value is -1.76. The molecule has 7 heteroatoms. The van der Waals surface area contributed by atoms with E-state index < -0.39 is 10.8 Å². The Kier molecular flexibility index (Phi) is 4.49. The van der Waals surface area contributed by atoms with Gasteiger partial charge in [-0.05, 0) is 37.7 Å². The summed E-state index contributed by atoms with van der Waals surface area (Å²) < 4.78 is 0. The van der Waals surface area contributed by atoms with E-state index in [1.54, 1.807) is 17.8 Å². The molecule has 0 saturated heterocycles. The van der Waals surface area contributed by atoms with Crippen LogP contribution in [0.5, 0.6) is 0 Å². The monoisotopic (exact) mass is 295 g/mol. The van der Waals surface area contributed by atoms with Gasteiger partial charge >= 0.3 is 5.69 Å². The number of amides is 1. The minimum Gasteiger partial charge on any atom is -0.393 e. The van der Waals surface area contributed by atoms with E-state index in [2.05, 4.69) is 11.6 Å². The van der Waals surface area contributed by atoms with E-state index in [1.807, 2.05) is 0 Å². The molecular weight excluding hydrogens is 278 g/mol. The molecule has 2 rings (SSSR count). The smallest absolute Gasteiger partial charge is 0.304 e. The molecule has 0 aliphatic heterocycles. The SMILES string of the molecule is CSC1CCC(NC(=O)c2cccc(N)c2[N+](=O)[O-])C1. The third-order valence-corrected chi connectivity index (χ3v) is 4.64. The second-order valence-corrected chi connectivity index (χ2v) is 5.98. The zero-order valence-electron chi connectivity index (χ0n) is 11.2. The van der Waals surface area contributed by atoms with Gasteiger partial charge in [0.15, 0.2) is 0 Å². The van der Waals surface area contributed by atoms with Gasteiger partial charge in [-0.3, -0.25) is 14.9 Å². The number of rotatable bonds is 4. The molecule has 1 fully saturated rings. The molecule has 0 aromatic heterocycles. The number of benzene rings is 1. The minimum absolute atomic E-state index is 0.0102. The van der Waals surface area contributed by atoms with E-state index in [4.69, 9.17) is 5.73 Å². The molecule has 0 heterocycles. The summed E-state index contributed by atoms with van der Waals surface area (Å²) in [7, 11) is 0. The maximum atomic E-state index is 12.2. The Morgan fingerprint density at radius 2 is 2.25 bits per heavy atom. The fourth-order valence-electron chi connectivity index (χ4n) is 2.50. The molecule has 1 amide bonds. The summed E-state index contributed by atoms with van der Waals surface area (Å²) in [6.45, 7) is 0. The van der Waals surface area contributed by atoms with Crippen LogP contribution in [-0.4, -0.2) is 28.4 Å². The molecule has 20 heavy (non-hydrogen) atoms. The lowest BCUT2D eigenvalue weighted by atomic mass is 10.1. The molecule has 2 atom stereocenters. The Bertz CT molecular complexity index is 536. The fraction of sp³-hybridized carbons (Fsp3) is 0.462. The maximum Gasteiger partial charge on any atom is 0.304 e. The van der Waals surface area contributed by atoms with Crippen molar-refractivity contribution in [3.8, 4) is 0 Å². The lowest BCUT2D eigenvalue weighted by molar-refractivity contribution is -0.384. The second-order valence-electron chi connectivity index (χ2n) is 4.84. The van der Waals surface area contributed by atoms with Gasteiger partial charge in [-0.1, -0.05) is 6.07 Å². The zero-order chi connectivity index (χ0) is 14.7. The molecule has 0 radical (unpaired) electrons. The molecule has 1 aromatic carbocycles. The number of thioether (sulfide) groups is 1. The normalized spacial score (nSPS) is 21.6. The van der Waals surface area contributed by atoms with E-state index in [0.29, 0.717) is 5.25 Å². The Balaban J connectivity index is 2.14. The third kappa shape index (κ3) is 3.04. The average molecular weight is 295 g/mol. The first-order valence-electron chi connectivity index (χ1n) is 6.39. The van der Waals surface area contributed by atoms with Crippen molar-refractivity contribution in [2.45, 2.75) is 30.6 Å². The first kappa shape index (κ1) is 14.6. The molecular formula is C13H17N3O3S. The highest BCUT2D eigenvalue weighted by Crippen LogP contribution is 2.30. The van der Waals surface area contributed by atoms with Crippen molar-refractivity contribution in [1.82, 2.24) is 5.32 Å². The van der Waals surface area contributed by atoms with Gasteiger partial charge < -0.3 is 11.1 Å². The van der Waals surface area contributed by atoms with Crippen LogP contribution in [0.4, 0.5) is 11.4 Å². The second kappa shape index (κ2) is 6.13. The van der Waals surface area contributed by atoms with Gasteiger partial charge in [-0.15, -0.1) is 0 Å². The van der Waals surface area contributed by atoms with Crippen LogP contribution in [0.1, 0.15) is 29.6 Å². The average Bonchev–Trinajstić information content (AvgIpc) is 2.85. The fourth-order valence-corrected chi connectivity index (χ4v) is 3.29. The van der Waals surface area contributed by atoms with E-state index in [0.717, 1.165) is 19.3 Å². The molecule has 6 nitrogen and oxygen atoms in total. The number of hydrogen-bond donors (Lipinski definition) is 2. The van der Waals surface area contributed by atoms with Crippen molar-refractivity contribution in [2.24, 2.45) is 0 Å². The van der Waals surface area contributed by atoms with Crippen molar-refractivity contribution >= 4 is 29.0 Å². The summed E-state index contributed by atoms with van der Waals surface area (Å²) in [5, 5.41) is 14.4. The van der Waals surface area contributed by atoms with Gasteiger partial charge in [-0.25, -0.2) is 0 Å². The number of anilines is 1. The number of para-hydroxylation sites is 1. The number of nitrogens with zero attached hydrogens (tertiary/aromatic N) is 1.